The van der Waals surface area contributed by atoms with Crippen molar-refractivity contribution in [1.29, 1.82) is 0 Å². The van der Waals surface area contributed by atoms with Crippen molar-refractivity contribution < 1.29 is 19.2 Å². The van der Waals surface area contributed by atoms with Crippen molar-refractivity contribution in [3.05, 3.63) is 0 Å². The summed E-state index contributed by atoms with van der Waals surface area (Å²) >= 11 is 1.64. The summed E-state index contributed by atoms with van der Waals surface area (Å²) in [6.07, 6.45) is 1.30. The number of quaternary nitrogens is 1. The number of carbonyl (C=O) groups is 2. The first-order valence-corrected chi connectivity index (χ1v) is 5.52. The molecule has 0 aromatic rings. The first-order chi connectivity index (χ1) is 6.49. The highest BCUT2D eigenvalue weighted by atomic mass is 32.2. The summed E-state index contributed by atoms with van der Waals surface area (Å²) in [6, 6.07) is -0.399. The topological polar surface area (TPSA) is 54.4 Å². The summed E-state index contributed by atoms with van der Waals surface area (Å²) in [5.74, 6) is -0.00678. The van der Waals surface area contributed by atoms with Gasteiger partial charge in [0.1, 0.15) is 6.42 Å². The molecule has 0 aromatic heterocycles. The number of nitrogens with zero attached hydrogens (tertiary/aromatic N) is 1. The van der Waals surface area contributed by atoms with E-state index in [-0.39, 0.29) is 27.2 Å². The lowest BCUT2D eigenvalue weighted by Gasteiger charge is -2.44. The van der Waals surface area contributed by atoms with E-state index in [2.05, 4.69) is 0 Å². The van der Waals surface area contributed by atoms with Gasteiger partial charge in [-0.2, -0.15) is 0 Å². The van der Waals surface area contributed by atoms with Crippen LogP contribution < -0.4 is 0 Å². The molecule has 14 heavy (non-hydrogen) atoms. The number of aliphatic hydroxyl groups excluding tert-OH is 1. The Bertz CT molecular complexity index is 304. The Kier molecular flexibility index (Phi) is 2.03. The largest absolute Gasteiger partial charge is 0.347 e. The van der Waals surface area contributed by atoms with Crippen LogP contribution in [0, 0.1) is 0 Å². The molecule has 1 N–H and O–H groups in total. The fourth-order valence-electron chi connectivity index (χ4n) is 2.51. The molecule has 0 aromatic carbocycles. The lowest BCUT2D eigenvalue weighted by molar-refractivity contribution is -0.917. The fourth-order valence-corrected chi connectivity index (χ4v) is 4.32. The number of thioether (sulfide) groups is 1. The molecule has 78 valence electrons. The highest BCUT2D eigenvalue weighted by Gasteiger charge is 2.70. The molecule has 0 radical (unpaired) electrons. The number of hydrogen-bond acceptors (Lipinski definition) is 4. The first-order valence-electron chi connectivity index (χ1n) is 4.64. The van der Waals surface area contributed by atoms with Gasteiger partial charge < -0.3 is 5.11 Å². The van der Waals surface area contributed by atoms with Crippen molar-refractivity contribution in [2.75, 3.05) is 6.73 Å². The van der Waals surface area contributed by atoms with Crippen molar-refractivity contribution in [1.82, 2.24) is 0 Å². The minimum atomic E-state index is -0.399. The number of hydrogen-bond donors (Lipinski definition) is 1. The van der Waals surface area contributed by atoms with Crippen LogP contribution in [0.25, 0.3) is 0 Å². The molecule has 0 bridgehead atoms. The lowest BCUT2D eigenvalue weighted by Crippen LogP contribution is -2.71. The molecule has 0 spiro atoms. The number of aliphatic hydroxyl groups is 1. The number of rotatable bonds is 2. The Hall–Kier alpha value is -0.390. The number of fused-ring (bicyclic) bond motifs is 1. The molecule has 2 aliphatic heterocycles. The molecular formula is C9H14NO3S+. The third-order valence-electron chi connectivity index (χ3n) is 3.34. The van der Waals surface area contributed by atoms with E-state index in [1.54, 1.807) is 11.8 Å². The molecular weight excluding hydrogens is 202 g/mol. The van der Waals surface area contributed by atoms with Gasteiger partial charge in [-0.3, -0.25) is 4.79 Å². The van der Waals surface area contributed by atoms with Gasteiger partial charge in [-0.05, 0) is 13.8 Å². The van der Waals surface area contributed by atoms with Gasteiger partial charge in [0.15, 0.2) is 24.4 Å². The number of aldehydes is 1. The van der Waals surface area contributed by atoms with E-state index < -0.39 is 6.04 Å². The van der Waals surface area contributed by atoms with Crippen molar-refractivity contribution in [2.24, 2.45) is 0 Å². The minimum Gasteiger partial charge on any atom is -0.347 e. The number of β-lactam (4-membered cyclic amide) rings is 1. The van der Waals surface area contributed by atoms with E-state index >= 15 is 0 Å². The summed E-state index contributed by atoms with van der Waals surface area (Å²) in [7, 11) is 0. The smallest absolute Gasteiger partial charge is 0.324 e. The molecule has 0 aliphatic carbocycles. The molecule has 2 heterocycles. The van der Waals surface area contributed by atoms with Gasteiger partial charge in [0.25, 0.3) is 0 Å². The van der Waals surface area contributed by atoms with Gasteiger partial charge in [-0.1, -0.05) is 11.8 Å². The molecule has 5 heteroatoms. The molecule has 3 atom stereocenters. The van der Waals surface area contributed by atoms with Crippen LogP contribution in [0.15, 0.2) is 0 Å². The third kappa shape index (κ3) is 0.924. The fraction of sp³-hybridized carbons (Fsp3) is 0.778. The highest BCUT2D eigenvalue weighted by molar-refractivity contribution is 8.01. The zero-order chi connectivity index (χ0) is 10.6. The van der Waals surface area contributed by atoms with Gasteiger partial charge >= 0.3 is 5.91 Å². The Morgan fingerprint density at radius 3 is 2.71 bits per heavy atom. The van der Waals surface area contributed by atoms with Crippen LogP contribution in [0.4, 0.5) is 0 Å². The molecule has 2 fully saturated rings. The Morgan fingerprint density at radius 1 is 1.71 bits per heavy atom. The van der Waals surface area contributed by atoms with Crippen LogP contribution in [-0.4, -0.2) is 44.7 Å². The summed E-state index contributed by atoms with van der Waals surface area (Å²) in [6.45, 7) is 3.67. The first kappa shape index (κ1) is 10.1. The number of amides is 1. The maximum atomic E-state index is 11.6. The van der Waals surface area contributed by atoms with Gasteiger partial charge in [0.05, 0.1) is 4.75 Å². The second kappa shape index (κ2) is 2.81. The van der Waals surface area contributed by atoms with Crippen LogP contribution >= 0.6 is 11.8 Å². The van der Waals surface area contributed by atoms with Crippen LogP contribution in [-0.2, 0) is 9.59 Å². The molecule has 1 unspecified atom stereocenters. The summed E-state index contributed by atoms with van der Waals surface area (Å²) in [4.78, 5) is 22.6. The third-order valence-corrected chi connectivity index (χ3v) is 5.00. The van der Waals surface area contributed by atoms with Gasteiger partial charge in [-0.25, -0.2) is 9.28 Å². The van der Waals surface area contributed by atoms with Gasteiger partial charge in [-0.15, -0.1) is 0 Å². The van der Waals surface area contributed by atoms with E-state index in [0.717, 1.165) is 6.29 Å². The molecule has 2 rings (SSSR count). The Labute approximate surface area is 86.9 Å². The molecule has 0 saturated carbocycles. The predicted molar refractivity (Wildman–Crippen MR) is 52.3 cm³/mol. The minimum absolute atomic E-state index is 0.00678. The second-order valence-corrected chi connectivity index (χ2v) is 6.26. The molecule has 4 nitrogen and oxygen atoms in total. The maximum absolute atomic E-state index is 11.6. The van der Waals surface area contributed by atoms with E-state index in [4.69, 9.17) is 0 Å². The van der Waals surface area contributed by atoms with Crippen molar-refractivity contribution >= 4 is 24.0 Å². The van der Waals surface area contributed by atoms with E-state index in [0.29, 0.717) is 6.42 Å². The van der Waals surface area contributed by atoms with E-state index in [1.165, 1.54) is 0 Å². The SMILES string of the molecule is CC1(C)S[C@@H]2CC(=O)[N+]2(CO)[C@H]1C=O. The average molecular weight is 216 g/mol. The van der Waals surface area contributed by atoms with Crippen molar-refractivity contribution in [2.45, 2.75) is 36.4 Å². The zero-order valence-electron chi connectivity index (χ0n) is 8.27. The Balaban J connectivity index is 2.42. The van der Waals surface area contributed by atoms with Crippen molar-refractivity contribution in [3.63, 3.8) is 0 Å². The summed E-state index contributed by atoms with van der Waals surface area (Å²) in [5, 5.41) is 9.41. The maximum Gasteiger partial charge on any atom is 0.324 e. The van der Waals surface area contributed by atoms with Gasteiger partial charge in [0.2, 0.25) is 0 Å². The summed E-state index contributed by atoms with van der Waals surface area (Å²) in [5.41, 5.74) is 0. The Morgan fingerprint density at radius 2 is 2.36 bits per heavy atom. The second-order valence-electron chi connectivity index (χ2n) is 4.43. The van der Waals surface area contributed by atoms with Gasteiger partial charge in [0, 0.05) is 0 Å². The van der Waals surface area contributed by atoms with E-state index in [9.17, 15) is 14.7 Å². The zero-order valence-corrected chi connectivity index (χ0v) is 9.08. The molecule has 1 amide bonds. The van der Waals surface area contributed by atoms with Crippen molar-refractivity contribution in [3.8, 4) is 0 Å². The number of carbonyl (C=O) groups excluding carboxylic acids is 2. The normalized spacial score (nSPS) is 44.4. The summed E-state index contributed by atoms with van der Waals surface area (Å²) < 4.78 is -0.289. The van der Waals surface area contributed by atoms with E-state index in [1.807, 2.05) is 13.8 Å². The average Bonchev–Trinajstić information content (AvgIpc) is 2.29. The molecule has 2 saturated heterocycles. The lowest BCUT2D eigenvalue weighted by atomic mass is 9.96. The van der Waals surface area contributed by atoms with Crippen LogP contribution in [0.2, 0.25) is 0 Å². The molecule has 2 aliphatic rings. The predicted octanol–water partition coefficient (Wildman–Crippen LogP) is 0.102. The van der Waals surface area contributed by atoms with Crippen LogP contribution in [0.3, 0.4) is 0 Å². The quantitative estimate of drug-likeness (QED) is 0.404. The van der Waals surface area contributed by atoms with Crippen LogP contribution in [0.1, 0.15) is 20.3 Å². The standard InChI is InChI=1S/C9H14NO3S/c1-9(2)6(4-11)10(5-12)7(13)3-8(10)14-9/h4,6,8,12H,3,5H2,1-2H3/q+1/t6-,8+,10?/m0/s1. The highest BCUT2D eigenvalue weighted by Crippen LogP contribution is 2.55. The monoisotopic (exact) mass is 216 g/mol. The van der Waals surface area contributed by atoms with Crippen LogP contribution in [0.5, 0.6) is 0 Å².